The van der Waals surface area contributed by atoms with E-state index in [9.17, 15) is 5.11 Å². The monoisotopic (exact) mass is 435 g/mol. The van der Waals surface area contributed by atoms with Gasteiger partial charge in [0.2, 0.25) is 0 Å². The van der Waals surface area contributed by atoms with Gasteiger partial charge in [0.05, 0.1) is 18.9 Å². The lowest BCUT2D eigenvalue weighted by atomic mass is 10.1. The van der Waals surface area contributed by atoms with Crippen LogP contribution in [0.5, 0.6) is 0 Å². The molecule has 2 aromatic rings. The van der Waals surface area contributed by atoms with Crippen LogP contribution < -0.4 is 0 Å². The summed E-state index contributed by atoms with van der Waals surface area (Å²) >= 11 is 0. The molecule has 2 saturated heterocycles. The Hall–Kier alpha value is -1.36. The minimum absolute atomic E-state index is 0.116. The summed E-state index contributed by atoms with van der Waals surface area (Å²) in [6.45, 7) is 15.3. The molecule has 4 atom stereocenters. The molecule has 0 radical (unpaired) electrons. The Balaban J connectivity index is 1.63. The lowest BCUT2D eigenvalue weighted by molar-refractivity contribution is -0.199. The average molecular weight is 436 g/mol. The maximum Gasteiger partial charge on any atom is 0.192 e. The summed E-state index contributed by atoms with van der Waals surface area (Å²) in [5, 5.41) is 10.5. The average Bonchev–Trinajstić information content (AvgIpc) is 3.29. The van der Waals surface area contributed by atoms with Crippen molar-refractivity contribution in [2.24, 2.45) is 0 Å². The summed E-state index contributed by atoms with van der Waals surface area (Å²) < 4.78 is 27.3. The number of nitrogens with zero attached hydrogens (tertiary/aromatic N) is 3. The number of hydrogen-bond acceptors (Lipinski definition) is 7. The third kappa shape index (κ3) is 3.72. The molecule has 0 saturated carbocycles. The van der Waals surface area contributed by atoms with Crippen molar-refractivity contribution in [3.05, 3.63) is 24.3 Å². The van der Waals surface area contributed by atoms with Gasteiger partial charge >= 0.3 is 0 Å². The highest BCUT2D eigenvalue weighted by Gasteiger charge is 2.56. The van der Waals surface area contributed by atoms with Gasteiger partial charge in [-0.1, -0.05) is 20.8 Å². The van der Waals surface area contributed by atoms with Crippen LogP contribution in [0.25, 0.3) is 11.0 Å². The van der Waals surface area contributed by atoms with E-state index in [1.807, 2.05) is 30.7 Å². The van der Waals surface area contributed by atoms with Crippen molar-refractivity contribution >= 4 is 19.4 Å². The van der Waals surface area contributed by atoms with E-state index in [0.717, 1.165) is 5.39 Å². The van der Waals surface area contributed by atoms with Gasteiger partial charge in [0.25, 0.3) is 0 Å². The van der Waals surface area contributed by atoms with E-state index in [1.165, 1.54) is 6.33 Å². The molecular weight excluding hydrogens is 402 g/mol. The number of rotatable bonds is 5. The summed E-state index contributed by atoms with van der Waals surface area (Å²) in [6, 6.07) is 1.90. The molecule has 2 aromatic heterocycles. The third-order valence-corrected chi connectivity index (χ3v) is 11.1. The predicted octanol–water partition coefficient (Wildman–Crippen LogP) is 3.36. The van der Waals surface area contributed by atoms with Gasteiger partial charge in [-0.3, -0.25) is 0 Å². The van der Waals surface area contributed by atoms with Gasteiger partial charge in [0.15, 0.2) is 20.3 Å². The largest absolute Gasteiger partial charge is 0.414 e. The molecule has 166 valence electrons. The second-order valence-corrected chi connectivity index (χ2v) is 14.9. The molecule has 2 aliphatic heterocycles. The van der Waals surface area contributed by atoms with E-state index >= 15 is 0 Å². The number of ether oxygens (including phenoxy) is 3. The number of hydrogen-bond donors (Lipinski definition) is 1. The Morgan fingerprint density at radius 2 is 1.90 bits per heavy atom. The minimum Gasteiger partial charge on any atom is -0.414 e. The first-order valence-electron chi connectivity index (χ1n) is 10.5. The lowest BCUT2D eigenvalue weighted by Crippen LogP contribution is -2.44. The van der Waals surface area contributed by atoms with Crippen LogP contribution in [0, 0.1) is 0 Å². The highest BCUT2D eigenvalue weighted by Crippen LogP contribution is 2.45. The fourth-order valence-corrected chi connectivity index (χ4v) is 4.89. The maximum absolute atomic E-state index is 9.59. The molecule has 1 N–H and O–H groups in total. The zero-order chi connectivity index (χ0) is 21.9. The van der Waals surface area contributed by atoms with Crippen LogP contribution in [0.3, 0.4) is 0 Å². The second kappa shape index (κ2) is 7.35. The van der Waals surface area contributed by atoms with Gasteiger partial charge in [-0.05, 0) is 38.0 Å². The van der Waals surface area contributed by atoms with Crippen LogP contribution in [0.15, 0.2) is 18.6 Å². The van der Waals surface area contributed by atoms with Crippen LogP contribution in [-0.2, 0) is 25.2 Å². The number of aliphatic hydroxyl groups is 1. The first kappa shape index (κ1) is 21.9. The number of aliphatic hydroxyl groups excluding tert-OH is 1. The molecular formula is C21H33N3O5Si. The van der Waals surface area contributed by atoms with Crippen LogP contribution in [0.2, 0.25) is 18.1 Å². The van der Waals surface area contributed by atoms with Gasteiger partial charge in [-0.15, -0.1) is 0 Å². The smallest absolute Gasteiger partial charge is 0.192 e. The van der Waals surface area contributed by atoms with Crippen LogP contribution in [0.1, 0.15) is 46.5 Å². The Morgan fingerprint density at radius 1 is 1.20 bits per heavy atom. The topological polar surface area (TPSA) is 87.9 Å². The van der Waals surface area contributed by atoms with E-state index in [2.05, 4.69) is 43.8 Å². The summed E-state index contributed by atoms with van der Waals surface area (Å²) in [5.41, 5.74) is 1.30. The summed E-state index contributed by atoms with van der Waals surface area (Å²) in [5.74, 6) is -0.694. The molecule has 0 unspecified atom stereocenters. The fourth-order valence-electron chi connectivity index (χ4n) is 3.88. The number of fused-ring (bicyclic) bond motifs is 2. The Kier molecular flexibility index (Phi) is 5.36. The van der Waals surface area contributed by atoms with Crippen LogP contribution in [0.4, 0.5) is 0 Å². The molecule has 0 spiro atoms. The van der Waals surface area contributed by atoms with Crippen molar-refractivity contribution in [3.8, 4) is 0 Å². The molecule has 30 heavy (non-hydrogen) atoms. The van der Waals surface area contributed by atoms with Crippen molar-refractivity contribution < 1.29 is 23.7 Å². The minimum atomic E-state index is -1.93. The molecule has 8 nitrogen and oxygen atoms in total. The lowest BCUT2D eigenvalue weighted by Gasteiger charge is -2.37. The highest BCUT2D eigenvalue weighted by molar-refractivity contribution is 6.74. The van der Waals surface area contributed by atoms with E-state index < -0.39 is 20.3 Å². The highest BCUT2D eigenvalue weighted by atomic mass is 28.4. The van der Waals surface area contributed by atoms with Crippen molar-refractivity contribution in [1.82, 2.24) is 14.5 Å². The third-order valence-electron chi connectivity index (χ3n) is 6.56. The van der Waals surface area contributed by atoms with E-state index in [4.69, 9.17) is 18.6 Å². The van der Waals surface area contributed by atoms with Crippen molar-refractivity contribution in [2.45, 2.75) is 89.7 Å². The molecule has 0 amide bonds. The zero-order valence-corrected chi connectivity index (χ0v) is 19.9. The van der Waals surface area contributed by atoms with Crippen molar-refractivity contribution in [2.75, 3.05) is 6.61 Å². The summed E-state index contributed by atoms with van der Waals surface area (Å²) in [4.78, 5) is 8.59. The second-order valence-electron chi connectivity index (χ2n) is 10.1. The van der Waals surface area contributed by atoms with Gasteiger partial charge in [0.1, 0.15) is 30.3 Å². The maximum atomic E-state index is 9.59. The number of aromatic nitrogens is 3. The Bertz CT molecular complexity index is 923. The molecule has 2 fully saturated rings. The molecule has 9 heteroatoms. The quantitative estimate of drug-likeness (QED) is 0.721. The van der Waals surface area contributed by atoms with Gasteiger partial charge in [-0.2, -0.15) is 0 Å². The van der Waals surface area contributed by atoms with Crippen LogP contribution >= 0.6 is 0 Å². The molecule has 0 aliphatic carbocycles. The Labute approximate surface area is 178 Å². The van der Waals surface area contributed by atoms with Crippen LogP contribution in [-0.4, -0.2) is 58.7 Å². The van der Waals surface area contributed by atoms with Gasteiger partial charge in [-0.25, -0.2) is 9.97 Å². The fraction of sp³-hybridized carbons (Fsp3) is 0.714. The molecule has 4 rings (SSSR count). The standard InChI is InChI=1S/C21H33N3O5Si/c1-20(2,3)30(6,7)26-11-15-16-17(29-21(4,5)28-16)19(27-15)24-9-8-13-14(10-25)22-12-23-18(13)24/h8-9,12,15-17,19,25H,10-11H2,1-7H3/t15-,16-,17-,19-/m1/s1. The molecule has 4 heterocycles. The Morgan fingerprint density at radius 3 is 2.57 bits per heavy atom. The zero-order valence-electron chi connectivity index (χ0n) is 18.9. The molecule has 2 aliphatic rings. The SMILES string of the molecule is CC1(C)O[C@@H]2[C@H](O1)[C@@H](CO[Si](C)(C)C(C)(C)C)O[C@H]2n1ccc2c(CO)ncnc21. The van der Waals surface area contributed by atoms with Gasteiger partial charge in [0, 0.05) is 11.6 Å². The van der Waals surface area contributed by atoms with Gasteiger partial charge < -0.3 is 28.3 Å². The molecule has 0 aromatic carbocycles. The normalized spacial score (nSPS) is 28.9. The van der Waals surface area contributed by atoms with Crippen molar-refractivity contribution in [3.63, 3.8) is 0 Å². The van der Waals surface area contributed by atoms with E-state index in [1.54, 1.807) is 0 Å². The predicted molar refractivity (Wildman–Crippen MR) is 114 cm³/mol. The van der Waals surface area contributed by atoms with Crippen molar-refractivity contribution in [1.29, 1.82) is 0 Å². The first-order valence-corrected chi connectivity index (χ1v) is 13.4. The molecule has 0 bridgehead atoms. The van der Waals surface area contributed by atoms with E-state index in [0.29, 0.717) is 17.9 Å². The summed E-state index contributed by atoms with van der Waals surface area (Å²) in [6.07, 6.45) is 2.22. The first-order chi connectivity index (χ1) is 13.9. The van der Waals surface area contributed by atoms with E-state index in [-0.39, 0.29) is 30.0 Å². The summed E-state index contributed by atoms with van der Waals surface area (Å²) in [7, 11) is -1.93.